The molecule has 3 heterocycles. The van der Waals surface area contributed by atoms with Crippen molar-refractivity contribution in [3.8, 4) is 5.75 Å². The monoisotopic (exact) mass is 327 g/mol. The van der Waals surface area contributed by atoms with E-state index < -0.39 is 0 Å². The van der Waals surface area contributed by atoms with Crippen LogP contribution in [0.3, 0.4) is 0 Å². The number of aromatic nitrogens is 1. The highest BCUT2D eigenvalue weighted by molar-refractivity contribution is 5.85. The number of ether oxygens (including phenoxy) is 2. The molecule has 5 heteroatoms. The van der Waals surface area contributed by atoms with Gasteiger partial charge < -0.3 is 14.4 Å². The Kier molecular flexibility index (Phi) is 4.06. The minimum Gasteiger partial charge on any atom is -0.497 e. The number of aryl methyl sites for hydroxylation is 1. The van der Waals surface area contributed by atoms with Gasteiger partial charge in [0.1, 0.15) is 11.6 Å². The molecule has 0 spiro atoms. The molecule has 0 radical (unpaired) electrons. The number of methoxy groups -OCH3 is 1. The maximum atomic E-state index is 5.84. The molecule has 1 aromatic heterocycles. The van der Waals surface area contributed by atoms with Gasteiger partial charge in [-0.15, -0.1) is 0 Å². The van der Waals surface area contributed by atoms with Crippen molar-refractivity contribution < 1.29 is 9.47 Å². The third kappa shape index (κ3) is 2.82. The van der Waals surface area contributed by atoms with E-state index in [1.54, 1.807) is 7.11 Å². The highest BCUT2D eigenvalue weighted by atomic mass is 16.5. The zero-order valence-electron chi connectivity index (χ0n) is 14.7. The van der Waals surface area contributed by atoms with Crippen LogP contribution in [0.4, 0.5) is 5.82 Å². The summed E-state index contributed by atoms with van der Waals surface area (Å²) in [6, 6.07) is 8.77. The van der Waals surface area contributed by atoms with Crippen molar-refractivity contribution >= 4 is 16.7 Å². The number of hydrogen-bond acceptors (Lipinski definition) is 5. The van der Waals surface area contributed by atoms with Gasteiger partial charge in [-0.3, -0.25) is 4.90 Å². The average Bonchev–Trinajstić information content (AvgIpc) is 2.82. The quantitative estimate of drug-likeness (QED) is 0.846. The van der Waals surface area contributed by atoms with Crippen molar-refractivity contribution in [2.24, 2.45) is 5.92 Å². The molecule has 24 heavy (non-hydrogen) atoms. The molecule has 0 saturated carbocycles. The third-order valence-electron chi connectivity index (χ3n) is 5.28. The molecule has 2 bridgehead atoms. The third-order valence-corrected chi connectivity index (χ3v) is 5.28. The second kappa shape index (κ2) is 6.22. The summed E-state index contributed by atoms with van der Waals surface area (Å²) in [5, 5.41) is 1.19. The van der Waals surface area contributed by atoms with Crippen LogP contribution in [0.1, 0.15) is 5.56 Å². The Labute approximate surface area is 143 Å². The van der Waals surface area contributed by atoms with Crippen LogP contribution < -0.4 is 9.64 Å². The van der Waals surface area contributed by atoms with Gasteiger partial charge in [0.25, 0.3) is 0 Å². The summed E-state index contributed by atoms with van der Waals surface area (Å²) in [6.07, 6.45) is 0. The Bertz CT molecular complexity index is 749. The second-order valence-electron chi connectivity index (χ2n) is 7.08. The largest absolute Gasteiger partial charge is 0.497 e. The van der Waals surface area contributed by atoms with E-state index in [0.29, 0.717) is 12.0 Å². The van der Waals surface area contributed by atoms with Crippen molar-refractivity contribution in [2.75, 3.05) is 51.9 Å². The lowest BCUT2D eigenvalue weighted by Gasteiger charge is -2.31. The number of nitrogens with zero attached hydrogens (tertiary/aromatic N) is 3. The molecule has 2 fully saturated rings. The van der Waals surface area contributed by atoms with Crippen LogP contribution >= 0.6 is 0 Å². The number of pyridine rings is 1. The first-order chi connectivity index (χ1) is 11.6. The molecule has 1 aromatic carbocycles. The average molecular weight is 327 g/mol. The fraction of sp³-hybridized carbons (Fsp3) is 0.526. The van der Waals surface area contributed by atoms with E-state index in [1.807, 2.05) is 12.1 Å². The normalized spacial score (nSPS) is 24.9. The van der Waals surface area contributed by atoms with Gasteiger partial charge in [0.15, 0.2) is 0 Å². The minimum absolute atomic E-state index is 0.431. The molecule has 0 unspecified atom stereocenters. The predicted octanol–water partition coefficient (Wildman–Crippen LogP) is 2.32. The van der Waals surface area contributed by atoms with E-state index in [-0.39, 0.29) is 0 Å². The van der Waals surface area contributed by atoms with E-state index in [1.165, 1.54) is 10.9 Å². The van der Waals surface area contributed by atoms with E-state index in [4.69, 9.17) is 14.5 Å². The van der Waals surface area contributed by atoms with Crippen molar-refractivity contribution in [1.82, 2.24) is 9.88 Å². The molecule has 128 valence electrons. The Morgan fingerprint density at radius 2 is 2.04 bits per heavy atom. The van der Waals surface area contributed by atoms with Gasteiger partial charge in [0.05, 0.1) is 31.9 Å². The van der Waals surface area contributed by atoms with E-state index in [0.717, 1.165) is 49.9 Å². The summed E-state index contributed by atoms with van der Waals surface area (Å²) in [6.45, 7) is 6.88. The smallest absolute Gasteiger partial charge is 0.129 e. The summed E-state index contributed by atoms with van der Waals surface area (Å²) in [4.78, 5) is 9.83. The lowest BCUT2D eigenvalue weighted by atomic mass is 10.1. The number of fused-ring (bicyclic) bond motifs is 4. The molecule has 5 nitrogen and oxygen atoms in total. The maximum absolute atomic E-state index is 5.84. The van der Waals surface area contributed by atoms with Crippen LogP contribution in [0.15, 0.2) is 24.3 Å². The van der Waals surface area contributed by atoms with E-state index in [2.05, 4.69) is 35.9 Å². The molecule has 0 N–H and O–H groups in total. The molecule has 2 aliphatic rings. The SMILES string of the molecule is COc1ccc2c(C)cc(N3C[C@@H]4COC[C@H](C3)N(C)C4)nc2c1. The molecular formula is C19H25N3O2. The Balaban J connectivity index is 1.73. The first-order valence-corrected chi connectivity index (χ1v) is 8.62. The summed E-state index contributed by atoms with van der Waals surface area (Å²) in [7, 11) is 3.91. The molecule has 2 atom stereocenters. The summed E-state index contributed by atoms with van der Waals surface area (Å²) in [5.41, 5.74) is 2.26. The van der Waals surface area contributed by atoms with E-state index >= 15 is 0 Å². The molecule has 2 aromatic rings. The van der Waals surface area contributed by atoms with Gasteiger partial charge in [-0.25, -0.2) is 4.98 Å². The number of hydrogen-bond donors (Lipinski definition) is 0. The number of rotatable bonds is 2. The lowest BCUT2D eigenvalue weighted by molar-refractivity contribution is 0.0930. The zero-order valence-corrected chi connectivity index (χ0v) is 14.7. The first-order valence-electron chi connectivity index (χ1n) is 8.62. The van der Waals surface area contributed by atoms with E-state index in [9.17, 15) is 0 Å². The lowest BCUT2D eigenvalue weighted by Crippen LogP contribution is -2.42. The molecule has 4 rings (SSSR count). The van der Waals surface area contributed by atoms with Crippen molar-refractivity contribution in [1.29, 1.82) is 0 Å². The van der Waals surface area contributed by atoms with Gasteiger partial charge in [0, 0.05) is 37.0 Å². The molecule has 2 saturated heterocycles. The summed E-state index contributed by atoms with van der Waals surface area (Å²) in [5.74, 6) is 2.46. The maximum Gasteiger partial charge on any atom is 0.129 e. The Morgan fingerprint density at radius 3 is 2.88 bits per heavy atom. The van der Waals surface area contributed by atoms with Gasteiger partial charge >= 0.3 is 0 Å². The van der Waals surface area contributed by atoms with Crippen molar-refractivity contribution in [3.63, 3.8) is 0 Å². The number of anilines is 1. The predicted molar refractivity (Wildman–Crippen MR) is 96.0 cm³/mol. The fourth-order valence-electron chi connectivity index (χ4n) is 3.89. The topological polar surface area (TPSA) is 37.8 Å². The van der Waals surface area contributed by atoms with Crippen LogP contribution in [-0.4, -0.2) is 62.9 Å². The second-order valence-corrected chi connectivity index (χ2v) is 7.08. The van der Waals surface area contributed by atoms with Crippen LogP contribution in [0.5, 0.6) is 5.75 Å². The van der Waals surface area contributed by atoms with Crippen LogP contribution in [0, 0.1) is 12.8 Å². The fourth-order valence-corrected chi connectivity index (χ4v) is 3.89. The number of likely N-dealkylation sites (N-methyl/N-ethyl adjacent to an activating group) is 1. The summed E-state index contributed by atoms with van der Waals surface area (Å²) < 4.78 is 11.2. The van der Waals surface area contributed by atoms with Crippen LogP contribution in [-0.2, 0) is 4.74 Å². The van der Waals surface area contributed by atoms with Gasteiger partial charge in [0.2, 0.25) is 0 Å². The van der Waals surface area contributed by atoms with Gasteiger partial charge in [-0.05, 0) is 37.7 Å². The van der Waals surface area contributed by atoms with Gasteiger partial charge in [-0.2, -0.15) is 0 Å². The highest BCUT2D eigenvalue weighted by Crippen LogP contribution is 2.28. The summed E-state index contributed by atoms with van der Waals surface area (Å²) >= 11 is 0. The minimum atomic E-state index is 0.431. The highest BCUT2D eigenvalue weighted by Gasteiger charge is 2.32. The Hall–Kier alpha value is -1.85. The molecule has 0 amide bonds. The Morgan fingerprint density at radius 1 is 1.17 bits per heavy atom. The first kappa shape index (κ1) is 15.7. The molecular weight excluding hydrogens is 302 g/mol. The van der Waals surface area contributed by atoms with Crippen molar-refractivity contribution in [3.05, 3.63) is 29.8 Å². The number of benzene rings is 1. The standard InChI is InChI=1S/C19H25N3O2/c1-13-6-19(20-18-7-16(23-3)4-5-17(13)18)22-9-14-8-21(2)15(10-22)12-24-11-14/h4-7,14-15H,8-12H2,1-3H3/t14-,15+/m1/s1. The zero-order chi connectivity index (χ0) is 16.7. The molecule has 2 aliphatic heterocycles. The van der Waals surface area contributed by atoms with Gasteiger partial charge in [-0.1, -0.05) is 0 Å². The molecule has 0 aliphatic carbocycles. The van der Waals surface area contributed by atoms with Crippen molar-refractivity contribution in [2.45, 2.75) is 13.0 Å². The van der Waals surface area contributed by atoms with Crippen LogP contribution in [0.2, 0.25) is 0 Å². The van der Waals surface area contributed by atoms with Crippen LogP contribution in [0.25, 0.3) is 10.9 Å².